The van der Waals surface area contributed by atoms with Gasteiger partial charge in [-0.2, -0.15) is 0 Å². The van der Waals surface area contributed by atoms with Crippen molar-refractivity contribution in [2.24, 2.45) is 0 Å². The Hall–Kier alpha value is -0.810. The van der Waals surface area contributed by atoms with Crippen LogP contribution in [0.2, 0.25) is 0 Å². The summed E-state index contributed by atoms with van der Waals surface area (Å²) in [5, 5.41) is 2.87. The van der Waals surface area contributed by atoms with Gasteiger partial charge in [0.05, 0.1) is 6.61 Å². The van der Waals surface area contributed by atoms with Gasteiger partial charge in [0.25, 0.3) is 0 Å². The lowest BCUT2D eigenvalue weighted by Crippen LogP contribution is -2.32. The normalized spacial score (nSPS) is 12.1. The van der Waals surface area contributed by atoms with Gasteiger partial charge < -0.3 is 19.5 Å². The number of carbonyl (C=O) groups excluding carboxylic acids is 1. The number of rotatable bonds is 43. The van der Waals surface area contributed by atoms with E-state index in [2.05, 4.69) is 26.1 Å². The SMILES string of the molecule is CCCCCCCCCCCCCCCCCCOC[C@H](COC(=O)NCCCCC)OCCCCCCCCCCCCCCCCCC. The van der Waals surface area contributed by atoms with E-state index in [1.807, 2.05) is 0 Å². The second-order valence-corrected chi connectivity index (χ2v) is 15.4. The molecule has 50 heavy (non-hydrogen) atoms. The molecule has 0 unspecified atom stereocenters. The maximum Gasteiger partial charge on any atom is 0.407 e. The Morgan fingerprint density at radius 1 is 0.400 bits per heavy atom. The summed E-state index contributed by atoms with van der Waals surface area (Å²) in [6.07, 6.45) is 46.6. The standard InChI is InChI=1S/C45H91NO4/c1-4-7-10-12-14-16-18-20-22-24-26-28-30-32-34-37-40-48-42-44(43-50-45(47)46-39-36-9-6-3)49-41-38-35-33-31-29-27-25-23-21-19-17-15-13-11-8-5-2/h44H,4-43H2,1-3H3,(H,46,47)/t44-/m1/s1. The number of unbranched alkanes of at least 4 members (excludes halogenated alkanes) is 32. The quantitative estimate of drug-likeness (QED) is 0.0640. The van der Waals surface area contributed by atoms with Crippen LogP contribution < -0.4 is 5.32 Å². The molecule has 0 aliphatic rings. The van der Waals surface area contributed by atoms with Gasteiger partial charge in [-0.25, -0.2) is 4.79 Å². The molecule has 0 aliphatic heterocycles. The lowest BCUT2D eigenvalue weighted by Gasteiger charge is -2.18. The average molecular weight is 710 g/mol. The fraction of sp³-hybridized carbons (Fsp3) is 0.978. The fourth-order valence-electron chi connectivity index (χ4n) is 6.80. The van der Waals surface area contributed by atoms with E-state index in [1.165, 1.54) is 193 Å². The molecule has 0 saturated heterocycles. The second-order valence-electron chi connectivity index (χ2n) is 15.4. The molecule has 0 aromatic carbocycles. The summed E-state index contributed by atoms with van der Waals surface area (Å²) in [6, 6.07) is 0. The van der Waals surface area contributed by atoms with Crippen molar-refractivity contribution in [1.29, 1.82) is 0 Å². The molecule has 1 amide bonds. The van der Waals surface area contributed by atoms with E-state index < -0.39 is 0 Å². The van der Waals surface area contributed by atoms with E-state index in [0.717, 1.165) is 38.7 Å². The van der Waals surface area contributed by atoms with Crippen molar-refractivity contribution in [3.8, 4) is 0 Å². The molecule has 0 bridgehead atoms. The Kier molecular flexibility index (Phi) is 43.6. The maximum atomic E-state index is 12.2. The minimum Gasteiger partial charge on any atom is -0.447 e. The van der Waals surface area contributed by atoms with Crippen molar-refractivity contribution in [3.63, 3.8) is 0 Å². The fourth-order valence-corrected chi connectivity index (χ4v) is 6.80. The molecule has 0 aromatic heterocycles. The first-order chi connectivity index (χ1) is 24.7. The van der Waals surface area contributed by atoms with Crippen molar-refractivity contribution in [2.45, 2.75) is 252 Å². The third-order valence-electron chi connectivity index (χ3n) is 10.2. The van der Waals surface area contributed by atoms with Gasteiger partial charge in [-0.3, -0.25) is 0 Å². The third kappa shape index (κ3) is 41.6. The summed E-state index contributed by atoms with van der Waals surface area (Å²) in [4.78, 5) is 12.2. The van der Waals surface area contributed by atoms with Crippen molar-refractivity contribution in [2.75, 3.05) is 33.0 Å². The highest BCUT2D eigenvalue weighted by atomic mass is 16.6. The monoisotopic (exact) mass is 710 g/mol. The molecule has 0 saturated carbocycles. The number of ether oxygens (including phenoxy) is 3. The van der Waals surface area contributed by atoms with E-state index in [0.29, 0.717) is 19.8 Å². The predicted molar refractivity (Wildman–Crippen MR) is 219 cm³/mol. The molecule has 0 radical (unpaired) electrons. The van der Waals surface area contributed by atoms with Crippen LogP contribution in [0.4, 0.5) is 4.79 Å². The molecule has 5 nitrogen and oxygen atoms in total. The van der Waals surface area contributed by atoms with Crippen molar-refractivity contribution in [1.82, 2.24) is 5.32 Å². The zero-order valence-electron chi connectivity index (χ0n) is 34.5. The molecular formula is C45H91NO4. The Balaban J connectivity index is 3.85. The van der Waals surface area contributed by atoms with Gasteiger partial charge in [0.1, 0.15) is 12.7 Å². The summed E-state index contributed by atoms with van der Waals surface area (Å²) in [7, 11) is 0. The Morgan fingerprint density at radius 2 is 0.720 bits per heavy atom. The first-order valence-electron chi connectivity index (χ1n) is 22.8. The number of hydrogen-bond acceptors (Lipinski definition) is 4. The topological polar surface area (TPSA) is 56.8 Å². The van der Waals surface area contributed by atoms with Gasteiger partial charge in [-0.05, 0) is 19.3 Å². The van der Waals surface area contributed by atoms with Crippen LogP contribution in [0.15, 0.2) is 0 Å². The summed E-state index contributed by atoms with van der Waals surface area (Å²) in [5.74, 6) is 0. The number of alkyl carbamates (subject to hydrolysis) is 1. The number of amides is 1. The molecule has 0 heterocycles. The van der Waals surface area contributed by atoms with Crippen LogP contribution in [-0.4, -0.2) is 45.2 Å². The van der Waals surface area contributed by atoms with Gasteiger partial charge in [-0.15, -0.1) is 0 Å². The van der Waals surface area contributed by atoms with Crippen LogP contribution in [-0.2, 0) is 14.2 Å². The molecule has 0 spiro atoms. The minimum atomic E-state index is -0.338. The van der Waals surface area contributed by atoms with Gasteiger partial charge in [0, 0.05) is 19.8 Å². The van der Waals surface area contributed by atoms with E-state index >= 15 is 0 Å². The smallest absolute Gasteiger partial charge is 0.407 e. The van der Waals surface area contributed by atoms with Crippen molar-refractivity contribution >= 4 is 6.09 Å². The molecule has 5 heteroatoms. The van der Waals surface area contributed by atoms with Crippen LogP contribution in [0.25, 0.3) is 0 Å². The molecule has 300 valence electrons. The average Bonchev–Trinajstić information content (AvgIpc) is 3.12. The zero-order valence-corrected chi connectivity index (χ0v) is 34.5. The number of hydrogen-bond donors (Lipinski definition) is 1. The van der Waals surface area contributed by atoms with Gasteiger partial charge in [0.2, 0.25) is 0 Å². The minimum absolute atomic E-state index is 0.186. The highest BCUT2D eigenvalue weighted by Crippen LogP contribution is 2.15. The molecule has 0 aliphatic carbocycles. The zero-order chi connectivity index (χ0) is 36.3. The van der Waals surface area contributed by atoms with Crippen molar-refractivity contribution in [3.05, 3.63) is 0 Å². The van der Waals surface area contributed by atoms with E-state index in [1.54, 1.807) is 0 Å². The Labute approximate surface area is 314 Å². The van der Waals surface area contributed by atoms with E-state index in [4.69, 9.17) is 14.2 Å². The van der Waals surface area contributed by atoms with Crippen LogP contribution in [0.1, 0.15) is 245 Å². The first kappa shape index (κ1) is 49.2. The molecule has 1 N–H and O–H groups in total. The number of carbonyl (C=O) groups is 1. The Morgan fingerprint density at radius 3 is 1.10 bits per heavy atom. The molecule has 0 aromatic rings. The Bertz CT molecular complexity index is 630. The lowest BCUT2D eigenvalue weighted by molar-refractivity contribution is -0.0468. The maximum absolute atomic E-state index is 12.2. The molecule has 0 rings (SSSR count). The molecular weight excluding hydrogens is 618 g/mol. The predicted octanol–water partition coefficient (Wildman–Crippen LogP) is 14.8. The summed E-state index contributed by atoms with van der Waals surface area (Å²) in [6.45, 7) is 9.67. The van der Waals surface area contributed by atoms with E-state index in [-0.39, 0.29) is 18.8 Å². The summed E-state index contributed by atoms with van der Waals surface area (Å²) < 4.78 is 17.7. The van der Waals surface area contributed by atoms with Gasteiger partial charge in [0.15, 0.2) is 0 Å². The van der Waals surface area contributed by atoms with Gasteiger partial charge >= 0.3 is 6.09 Å². The van der Waals surface area contributed by atoms with Crippen LogP contribution in [0, 0.1) is 0 Å². The number of nitrogens with one attached hydrogen (secondary N) is 1. The van der Waals surface area contributed by atoms with E-state index in [9.17, 15) is 4.79 Å². The highest BCUT2D eigenvalue weighted by molar-refractivity contribution is 5.67. The van der Waals surface area contributed by atoms with Crippen LogP contribution >= 0.6 is 0 Å². The highest BCUT2D eigenvalue weighted by Gasteiger charge is 2.13. The lowest BCUT2D eigenvalue weighted by atomic mass is 10.0. The molecule has 1 atom stereocenters. The van der Waals surface area contributed by atoms with Crippen LogP contribution in [0.3, 0.4) is 0 Å². The van der Waals surface area contributed by atoms with Crippen LogP contribution in [0.5, 0.6) is 0 Å². The second kappa shape index (κ2) is 44.4. The van der Waals surface area contributed by atoms with Crippen molar-refractivity contribution < 1.29 is 19.0 Å². The van der Waals surface area contributed by atoms with Gasteiger partial charge in [-0.1, -0.05) is 226 Å². The molecule has 0 fully saturated rings. The first-order valence-corrected chi connectivity index (χ1v) is 22.8. The third-order valence-corrected chi connectivity index (χ3v) is 10.2. The summed E-state index contributed by atoms with van der Waals surface area (Å²) in [5.41, 5.74) is 0. The summed E-state index contributed by atoms with van der Waals surface area (Å²) >= 11 is 0. The largest absolute Gasteiger partial charge is 0.447 e.